The summed E-state index contributed by atoms with van der Waals surface area (Å²) in [6.45, 7) is 7.21. The topological polar surface area (TPSA) is 49.8 Å². The van der Waals surface area contributed by atoms with E-state index in [1.165, 1.54) is 18.6 Å². The van der Waals surface area contributed by atoms with Gasteiger partial charge < -0.3 is 15.0 Å². The van der Waals surface area contributed by atoms with Crippen LogP contribution in [-0.2, 0) is 6.54 Å². The fourth-order valence-electron chi connectivity index (χ4n) is 3.05. The Morgan fingerprint density at radius 2 is 2.08 bits per heavy atom. The molecule has 3 rings (SSSR count). The second kappa shape index (κ2) is 7.72. The first-order chi connectivity index (χ1) is 12.4. The van der Waals surface area contributed by atoms with Crippen molar-refractivity contribution in [3.63, 3.8) is 0 Å². The Hall–Kier alpha value is -2.63. The Kier molecular flexibility index (Phi) is 5.40. The van der Waals surface area contributed by atoms with E-state index in [1.54, 1.807) is 18.3 Å². The summed E-state index contributed by atoms with van der Waals surface area (Å²) in [7, 11) is 1.81. The fourth-order valence-corrected chi connectivity index (χ4v) is 3.05. The van der Waals surface area contributed by atoms with Crippen molar-refractivity contribution in [2.45, 2.75) is 26.8 Å². The zero-order valence-electron chi connectivity index (χ0n) is 15.5. The normalized spacial score (nSPS) is 16.6. The fraction of sp³-hybridized carbons (Fsp3) is 0.400. The number of ether oxygens (including phenoxy) is 1. The van der Waals surface area contributed by atoms with E-state index in [2.05, 4.69) is 34.0 Å². The van der Waals surface area contributed by atoms with Crippen LogP contribution in [0.5, 0.6) is 11.6 Å². The van der Waals surface area contributed by atoms with Crippen LogP contribution in [0.15, 0.2) is 47.6 Å². The third-order valence-electron chi connectivity index (χ3n) is 4.47. The minimum atomic E-state index is -0.292. The highest BCUT2D eigenvalue weighted by atomic mass is 19.1. The van der Waals surface area contributed by atoms with Gasteiger partial charge in [0.1, 0.15) is 11.6 Å². The average Bonchev–Trinajstić information content (AvgIpc) is 2.98. The number of pyridine rings is 1. The van der Waals surface area contributed by atoms with Crippen LogP contribution in [0.2, 0.25) is 0 Å². The van der Waals surface area contributed by atoms with Crippen LogP contribution >= 0.6 is 0 Å². The van der Waals surface area contributed by atoms with Crippen molar-refractivity contribution in [2.24, 2.45) is 10.4 Å². The minimum Gasteiger partial charge on any atom is -0.439 e. The monoisotopic (exact) mass is 356 g/mol. The second-order valence-corrected chi connectivity index (χ2v) is 7.29. The summed E-state index contributed by atoms with van der Waals surface area (Å²) in [5, 5.41) is 3.41. The molecule has 1 aliphatic rings. The number of halogens is 1. The maximum Gasteiger partial charge on any atom is 0.219 e. The predicted octanol–water partition coefficient (Wildman–Crippen LogP) is 3.82. The van der Waals surface area contributed by atoms with E-state index in [1.807, 2.05) is 19.2 Å². The summed E-state index contributed by atoms with van der Waals surface area (Å²) in [5.74, 6) is 1.65. The molecule has 1 aliphatic heterocycles. The largest absolute Gasteiger partial charge is 0.439 e. The first-order valence-electron chi connectivity index (χ1n) is 8.79. The van der Waals surface area contributed by atoms with Gasteiger partial charge in [0.15, 0.2) is 5.96 Å². The Morgan fingerprint density at radius 3 is 2.73 bits per heavy atom. The SMILES string of the molecule is CN=C(NCc1ccnc(Oc2ccc(F)cc2)c1)N1CCC(C)(C)C1. The number of hydrogen-bond donors (Lipinski definition) is 1. The zero-order chi connectivity index (χ0) is 18.6. The number of hydrogen-bond acceptors (Lipinski definition) is 3. The number of aromatic nitrogens is 1. The molecule has 1 saturated heterocycles. The number of benzene rings is 1. The van der Waals surface area contributed by atoms with E-state index in [9.17, 15) is 4.39 Å². The highest BCUT2D eigenvalue weighted by molar-refractivity contribution is 5.80. The molecule has 0 unspecified atom stereocenters. The van der Waals surface area contributed by atoms with Crippen molar-refractivity contribution in [2.75, 3.05) is 20.1 Å². The van der Waals surface area contributed by atoms with Crippen LogP contribution < -0.4 is 10.1 Å². The van der Waals surface area contributed by atoms with Gasteiger partial charge in [-0.1, -0.05) is 13.8 Å². The van der Waals surface area contributed by atoms with E-state index >= 15 is 0 Å². The number of nitrogens with zero attached hydrogens (tertiary/aromatic N) is 3. The van der Waals surface area contributed by atoms with Crippen molar-refractivity contribution in [3.05, 3.63) is 54.0 Å². The van der Waals surface area contributed by atoms with Crippen molar-refractivity contribution >= 4 is 5.96 Å². The molecule has 1 fully saturated rings. The van der Waals surface area contributed by atoms with E-state index in [4.69, 9.17) is 4.74 Å². The van der Waals surface area contributed by atoms with E-state index in [0.717, 1.165) is 24.6 Å². The summed E-state index contributed by atoms with van der Waals surface area (Å²) in [6.07, 6.45) is 2.87. The minimum absolute atomic E-state index is 0.292. The van der Waals surface area contributed by atoms with Gasteiger partial charge in [-0.2, -0.15) is 0 Å². The van der Waals surface area contributed by atoms with Gasteiger partial charge in [-0.3, -0.25) is 4.99 Å². The molecule has 138 valence electrons. The van der Waals surface area contributed by atoms with Crippen LogP contribution in [0.4, 0.5) is 4.39 Å². The molecule has 6 heteroatoms. The third kappa shape index (κ3) is 4.71. The number of aliphatic imine (C=N–C) groups is 1. The molecule has 0 bridgehead atoms. The predicted molar refractivity (Wildman–Crippen MR) is 101 cm³/mol. The molecular weight excluding hydrogens is 331 g/mol. The number of rotatable bonds is 4. The number of guanidine groups is 1. The lowest BCUT2D eigenvalue weighted by atomic mass is 9.93. The van der Waals surface area contributed by atoms with Crippen LogP contribution in [0.1, 0.15) is 25.8 Å². The number of likely N-dealkylation sites (tertiary alicyclic amines) is 1. The standard InChI is InChI=1S/C20H25FN4O/c1-20(2)9-11-25(14-20)19(22-3)24-13-15-8-10-23-18(12-15)26-17-6-4-16(21)5-7-17/h4-8,10,12H,9,11,13-14H2,1-3H3,(H,22,24). The maximum absolute atomic E-state index is 13.0. The van der Waals surface area contributed by atoms with Gasteiger partial charge in [-0.15, -0.1) is 0 Å². The lowest BCUT2D eigenvalue weighted by Crippen LogP contribution is -2.40. The van der Waals surface area contributed by atoms with Gasteiger partial charge in [0.25, 0.3) is 0 Å². The van der Waals surface area contributed by atoms with Crippen LogP contribution in [0, 0.1) is 11.2 Å². The summed E-state index contributed by atoms with van der Waals surface area (Å²) >= 11 is 0. The molecule has 1 aromatic heterocycles. The van der Waals surface area contributed by atoms with Gasteiger partial charge >= 0.3 is 0 Å². The highest BCUT2D eigenvalue weighted by Gasteiger charge is 2.30. The third-order valence-corrected chi connectivity index (χ3v) is 4.47. The molecular formula is C20H25FN4O. The zero-order valence-corrected chi connectivity index (χ0v) is 15.5. The van der Waals surface area contributed by atoms with Crippen LogP contribution in [0.3, 0.4) is 0 Å². The maximum atomic E-state index is 13.0. The summed E-state index contributed by atoms with van der Waals surface area (Å²) in [5.41, 5.74) is 1.36. The molecule has 0 saturated carbocycles. The van der Waals surface area contributed by atoms with Crippen LogP contribution in [-0.4, -0.2) is 36.0 Å². The molecule has 26 heavy (non-hydrogen) atoms. The van der Waals surface area contributed by atoms with Crippen molar-refractivity contribution in [3.8, 4) is 11.6 Å². The van der Waals surface area contributed by atoms with Gasteiger partial charge in [0.2, 0.25) is 5.88 Å². The molecule has 2 aromatic rings. The molecule has 2 heterocycles. The van der Waals surface area contributed by atoms with E-state index in [0.29, 0.717) is 23.6 Å². The second-order valence-electron chi connectivity index (χ2n) is 7.29. The lowest BCUT2D eigenvalue weighted by molar-refractivity contribution is 0.370. The summed E-state index contributed by atoms with van der Waals surface area (Å²) in [4.78, 5) is 10.9. The molecule has 0 spiro atoms. The molecule has 0 atom stereocenters. The Morgan fingerprint density at radius 1 is 1.31 bits per heavy atom. The van der Waals surface area contributed by atoms with Crippen molar-refractivity contribution < 1.29 is 9.13 Å². The Labute approximate surface area is 153 Å². The highest BCUT2D eigenvalue weighted by Crippen LogP contribution is 2.28. The van der Waals surface area contributed by atoms with Crippen molar-refractivity contribution in [1.82, 2.24) is 15.2 Å². The van der Waals surface area contributed by atoms with Crippen molar-refractivity contribution in [1.29, 1.82) is 0 Å². The van der Waals surface area contributed by atoms with Gasteiger partial charge in [0.05, 0.1) is 0 Å². The quantitative estimate of drug-likeness (QED) is 0.668. The molecule has 1 aromatic carbocycles. The summed E-state index contributed by atoms with van der Waals surface area (Å²) in [6, 6.07) is 9.70. The first-order valence-corrected chi connectivity index (χ1v) is 8.79. The molecule has 0 amide bonds. The molecule has 1 N–H and O–H groups in total. The summed E-state index contributed by atoms with van der Waals surface area (Å²) < 4.78 is 18.7. The molecule has 5 nitrogen and oxygen atoms in total. The van der Waals surface area contributed by atoms with Gasteiger partial charge in [-0.25, -0.2) is 9.37 Å². The Balaban J connectivity index is 1.60. The van der Waals surface area contributed by atoms with Crippen LogP contribution in [0.25, 0.3) is 0 Å². The molecule has 0 radical (unpaired) electrons. The smallest absolute Gasteiger partial charge is 0.219 e. The Bertz CT molecular complexity index is 774. The average molecular weight is 356 g/mol. The molecule has 0 aliphatic carbocycles. The van der Waals surface area contributed by atoms with Gasteiger partial charge in [0, 0.05) is 38.9 Å². The van der Waals surface area contributed by atoms with E-state index in [-0.39, 0.29) is 5.82 Å². The number of nitrogens with one attached hydrogen (secondary N) is 1. The van der Waals surface area contributed by atoms with E-state index < -0.39 is 0 Å². The van der Waals surface area contributed by atoms with Gasteiger partial charge in [-0.05, 0) is 47.7 Å². The lowest BCUT2D eigenvalue weighted by Gasteiger charge is -2.23. The first kappa shape index (κ1) is 18.2.